The Labute approximate surface area is 131 Å². The number of nitrogens with zero attached hydrogens (tertiary/aromatic N) is 1. The highest BCUT2D eigenvalue weighted by atomic mass is 79.9. The lowest BCUT2D eigenvalue weighted by molar-refractivity contribution is 0.472. The van der Waals surface area contributed by atoms with Gasteiger partial charge in [0, 0.05) is 26.9 Å². The van der Waals surface area contributed by atoms with Gasteiger partial charge < -0.3 is 0 Å². The molecule has 2 rings (SSSR count). The van der Waals surface area contributed by atoms with Gasteiger partial charge in [-0.05, 0) is 46.1 Å². The molecule has 3 nitrogen and oxygen atoms in total. The van der Waals surface area contributed by atoms with Crippen molar-refractivity contribution in [3.8, 4) is 0 Å². The second-order valence-corrected chi connectivity index (χ2v) is 6.05. The van der Waals surface area contributed by atoms with Crippen molar-refractivity contribution in [1.82, 2.24) is 10.4 Å². The highest BCUT2D eigenvalue weighted by Crippen LogP contribution is 2.27. The van der Waals surface area contributed by atoms with E-state index in [2.05, 4.69) is 42.3 Å². The number of rotatable bonds is 4. The van der Waals surface area contributed by atoms with Crippen LogP contribution in [0.15, 0.2) is 39.5 Å². The van der Waals surface area contributed by atoms with E-state index in [4.69, 9.17) is 5.84 Å². The molecule has 1 heterocycles. The Balaban J connectivity index is 2.34. The maximum Gasteiger partial charge on any atom is 0.132 e. The van der Waals surface area contributed by atoms with Gasteiger partial charge in [0.25, 0.3) is 0 Å². The average Bonchev–Trinajstić information content (AvgIpc) is 2.36. The van der Waals surface area contributed by atoms with Gasteiger partial charge in [-0.25, -0.2) is 8.78 Å². The number of hydrogen-bond donors (Lipinski definition) is 2. The predicted molar refractivity (Wildman–Crippen MR) is 79.8 cm³/mol. The number of aromatic nitrogens is 1. The molecule has 106 valence electrons. The van der Waals surface area contributed by atoms with Crippen molar-refractivity contribution in [3.63, 3.8) is 0 Å². The second-order valence-electron chi connectivity index (χ2n) is 4.22. The Hall–Kier alpha value is -0.890. The van der Waals surface area contributed by atoms with Gasteiger partial charge in [-0.2, -0.15) is 0 Å². The van der Waals surface area contributed by atoms with E-state index >= 15 is 0 Å². The molecule has 0 saturated carbocycles. The van der Waals surface area contributed by atoms with Gasteiger partial charge in [0.15, 0.2) is 0 Å². The summed E-state index contributed by atoms with van der Waals surface area (Å²) in [7, 11) is 0. The number of nitrogens with one attached hydrogen (secondary N) is 1. The van der Waals surface area contributed by atoms with Crippen LogP contribution in [0.5, 0.6) is 0 Å². The van der Waals surface area contributed by atoms with E-state index in [1.165, 1.54) is 12.1 Å². The van der Waals surface area contributed by atoms with E-state index in [1.54, 1.807) is 12.4 Å². The third-order valence-corrected chi connectivity index (χ3v) is 3.69. The minimum atomic E-state index is -0.681. The van der Waals surface area contributed by atoms with Crippen molar-refractivity contribution in [3.05, 3.63) is 62.3 Å². The molecule has 0 amide bonds. The van der Waals surface area contributed by atoms with Crippen LogP contribution >= 0.6 is 31.9 Å². The molecule has 0 saturated heterocycles. The number of hydrazine groups is 1. The largest absolute Gasteiger partial charge is 0.271 e. The zero-order chi connectivity index (χ0) is 14.7. The molecule has 0 fully saturated rings. The molecule has 0 radical (unpaired) electrons. The molecular weight excluding hydrogens is 396 g/mol. The molecule has 2 aromatic rings. The Bertz CT molecular complexity index is 599. The number of halogens is 4. The fraction of sp³-hybridized carbons (Fsp3) is 0.154. The molecule has 3 N–H and O–H groups in total. The summed E-state index contributed by atoms with van der Waals surface area (Å²) in [6, 6.07) is 3.56. The predicted octanol–water partition coefficient (Wildman–Crippen LogP) is 3.63. The first kappa shape index (κ1) is 15.5. The van der Waals surface area contributed by atoms with Crippen LogP contribution in [0.3, 0.4) is 0 Å². The molecule has 1 aromatic heterocycles. The van der Waals surface area contributed by atoms with Crippen molar-refractivity contribution < 1.29 is 8.78 Å². The monoisotopic (exact) mass is 405 g/mol. The fourth-order valence-electron chi connectivity index (χ4n) is 1.93. The van der Waals surface area contributed by atoms with E-state index in [0.717, 1.165) is 10.0 Å². The van der Waals surface area contributed by atoms with Crippen LogP contribution in [0.25, 0.3) is 0 Å². The van der Waals surface area contributed by atoms with Crippen molar-refractivity contribution >= 4 is 31.9 Å². The van der Waals surface area contributed by atoms with Crippen LogP contribution in [0, 0.1) is 11.6 Å². The summed E-state index contributed by atoms with van der Waals surface area (Å²) in [5, 5.41) is 0. The van der Waals surface area contributed by atoms with Gasteiger partial charge in [-0.15, -0.1) is 0 Å². The first-order valence-corrected chi connectivity index (χ1v) is 7.30. The summed E-state index contributed by atoms with van der Waals surface area (Å²) in [5.74, 6) is 4.14. The van der Waals surface area contributed by atoms with Crippen LogP contribution in [0.2, 0.25) is 0 Å². The molecule has 1 atom stereocenters. The first-order chi connectivity index (χ1) is 9.51. The van der Waals surface area contributed by atoms with Crippen LogP contribution in [0.4, 0.5) is 8.78 Å². The van der Waals surface area contributed by atoms with Gasteiger partial charge in [0.2, 0.25) is 0 Å². The third kappa shape index (κ3) is 3.60. The lowest BCUT2D eigenvalue weighted by Gasteiger charge is -2.18. The second kappa shape index (κ2) is 6.71. The van der Waals surface area contributed by atoms with Gasteiger partial charge in [0.1, 0.15) is 11.6 Å². The van der Waals surface area contributed by atoms with E-state index in [9.17, 15) is 8.78 Å². The standard InChI is InChI=1S/C13H11Br2F2N3/c14-8-3-10(16)13(11(17)4-8)12(20-18)2-7-1-9(15)6-19-5-7/h1,3-6,12,20H,2,18H2. The first-order valence-electron chi connectivity index (χ1n) is 5.71. The highest BCUT2D eigenvalue weighted by Gasteiger charge is 2.20. The van der Waals surface area contributed by atoms with Crippen LogP contribution in [-0.2, 0) is 6.42 Å². The van der Waals surface area contributed by atoms with Crippen LogP contribution < -0.4 is 11.3 Å². The molecular formula is C13H11Br2F2N3. The normalized spacial score (nSPS) is 12.4. The van der Waals surface area contributed by atoms with Crippen LogP contribution in [0.1, 0.15) is 17.2 Å². The van der Waals surface area contributed by atoms with E-state index in [0.29, 0.717) is 10.9 Å². The van der Waals surface area contributed by atoms with Gasteiger partial charge in [-0.1, -0.05) is 15.9 Å². The Morgan fingerprint density at radius 3 is 2.30 bits per heavy atom. The summed E-state index contributed by atoms with van der Waals surface area (Å²) >= 11 is 6.35. The maximum atomic E-state index is 13.9. The van der Waals surface area contributed by atoms with E-state index in [-0.39, 0.29) is 5.56 Å². The summed E-state index contributed by atoms with van der Waals surface area (Å²) < 4.78 is 29.0. The highest BCUT2D eigenvalue weighted by molar-refractivity contribution is 9.10. The summed E-state index contributed by atoms with van der Waals surface area (Å²) in [6.45, 7) is 0. The van der Waals surface area contributed by atoms with Crippen molar-refractivity contribution in [2.24, 2.45) is 5.84 Å². The van der Waals surface area contributed by atoms with Gasteiger partial charge >= 0.3 is 0 Å². The molecule has 7 heteroatoms. The minimum absolute atomic E-state index is 0.0873. The molecule has 20 heavy (non-hydrogen) atoms. The zero-order valence-corrected chi connectivity index (χ0v) is 13.4. The average molecular weight is 407 g/mol. The Kier molecular flexibility index (Phi) is 5.20. The number of nitrogens with two attached hydrogens (primary N) is 1. The molecule has 0 spiro atoms. The molecule has 0 aliphatic heterocycles. The number of pyridine rings is 1. The Morgan fingerprint density at radius 2 is 1.75 bits per heavy atom. The summed E-state index contributed by atoms with van der Waals surface area (Å²) in [5.41, 5.74) is 3.17. The molecule has 0 bridgehead atoms. The molecule has 0 aliphatic carbocycles. The number of hydrogen-bond acceptors (Lipinski definition) is 3. The Morgan fingerprint density at radius 1 is 1.10 bits per heavy atom. The lowest BCUT2D eigenvalue weighted by Crippen LogP contribution is -2.31. The smallest absolute Gasteiger partial charge is 0.132 e. The SMILES string of the molecule is NNC(Cc1cncc(Br)c1)c1c(F)cc(Br)cc1F. The third-order valence-electron chi connectivity index (χ3n) is 2.79. The summed E-state index contributed by atoms with van der Waals surface area (Å²) in [6.07, 6.45) is 3.58. The number of benzene rings is 1. The van der Waals surface area contributed by atoms with Gasteiger partial charge in [0.05, 0.1) is 6.04 Å². The maximum absolute atomic E-state index is 13.9. The van der Waals surface area contributed by atoms with E-state index < -0.39 is 17.7 Å². The zero-order valence-electron chi connectivity index (χ0n) is 10.2. The molecule has 1 aromatic carbocycles. The summed E-state index contributed by atoms with van der Waals surface area (Å²) in [4.78, 5) is 4.01. The van der Waals surface area contributed by atoms with E-state index in [1.807, 2.05) is 6.07 Å². The molecule has 0 aliphatic rings. The minimum Gasteiger partial charge on any atom is -0.271 e. The lowest BCUT2D eigenvalue weighted by atomic mass is 9.99. The fourth-order valence-corrected chi connectivity index (χ4v) is 2.75. The van der Waals surface area contributed by atoms with Crippen molar-refractivity contribution in [2.45, 2.75) is 12.5 Å². The molecule has 1 unspecified atom stereocenters. The van der Waals surface area contributed by atoms with Crippen molar-refractivity contribution in [2.75, 3.05) is 0 Å². The van der Waals surface area contributed by atoms with Crippen LogP contribution in [-0.4, -0.2) is 4.98 Å². The topological polar surface area (TPSA) is 50.9 Å². The van der Waals surface area contributed by atoms with Gasteiger partial charge in [-0.3, -0.25) is 16.3 Å². The van der Waals surface area contributed by atoms with Crippen molar-refractivity contribution in [1.29, 1.82) is 0 Å². The quantitative estimate of drug-likeness (QED) is 0.602.